The van der Waals surface area contributed by atoms with Gasteiger partial charge in [0, 0.05) is 12.6 Å². The molecule has 0 saturated carbocycles. The number of carbonyl (C=O) groups excluding carboxylic acids is 2. The van der Waals surface area contributed by atoms with E-state index < -0.39 is 28.5 Å². The third-order valence-electron chi connectivity index (χ3n) is 6.83. The molecule has 0 spiro atoms. The maximum absolute atomic E-state index is 14.0. The largest absolute Gasteiger partial charge is 0.352 e. The van der Waals surface area contributed by atoms with Crippen LogP contribution in [0.15, 0.2) is 89.8 Å². The highest BCUT2D eigenvalue weighted by Gasteiger charge is 2.33. The van der Waals surface area contributed by atoms with Gasteiger partial charge in [-0.05, 0) is 61.6 Å². The Kier molecular flexibility index (Phi) is 10.7. The van der Waals surface area contributed by atoms with Gasteiger partial charge in [0.1, 0.15) is 12.6 Å². The van der Waals surface area contributed by atoms with Crippen molar-refractivity contribution in [2.24, 2.45) is 0 Å². The van der Waals surface area contributed by atoms with E-state index in [9.17, 15) is 18.0 Å². The first kappa shape index (κ1) is 29.9. The molecule has 1 N–H and O–H groups in total. The summed E-state index contributed by atoms with van der Waals surface area (Å²) in [4.78, 5) is 28.9. The SMILES string of the molecule is CCc1ccc(N(CC(=O)N(Cc2ccccc2)[C@@H](CC)C(=O)N[C@H](C)CC)S(=O)(=O)c2ccccc2)cc1. The Bertz CT molecular complexity index is 1310. The second kappa shape index (κ2) is 13.9. The summed E-state index contributed by atoms with van der Waals surface area (Å²) in [5.41, 5.74) is 2.30. The van der Waals surface area contributed by atoms with Gasteiger partial charge in [0.05, 0.1) is 10.6 Å². The van der Waals surface area contributed by atoms with Gasteiger partial charge in [0.2, 0.25) is 11.8 Å². The van der Waals surface area contributed by atoms with Crippen LogP contribution in [-0.4, -0.2) is 43.8 Å². The van der Waals surface area contributed by atoms with Crippen LogP contribution < -0.4 is 9.62 Å². The molecule has 2 amide bonds. The Morgan fingerprint density at radius 3 is 1.92 bits per heavy atom. The molecule has 3 aromatic carbocycles. The van der Waals surface area contributed by atoms with Crippen LogP contribution in [0.1, 0.15) is 51.7 Å². The molecule has 0 aromatic heterocycles. The highest BCUT2D eigenvalue weighted by atomic mass is 32.2. The zero-order valence-corrected chi connectivity index (χ0v) is 24.0. The Labute approximate surface area is 232 Å². The monoisotopic (exact) mass is 549 g/mol. The van der Waals surface area contributed by atoms with E-state index in [0.29, 0.717) is 12.1 Å². The van der Waals surface area contributed by atoms with Gasteiger partial charge in [-0.1, -0.05) is 81.4 Å². The number of nitrogens with zero attached hydrogens (tertiary/aromatic N) is 2. The molecule has 39 heavy (non-hydrogen) atoms. The molecule has 3 rings (SSSR count). The smallest absolute Gasteiger partial charge is 0.264 e. The van der Waals surface area contributed by atoms with Crippen LogP contribution in [0.3, 0.4) is 0 Å². The highest BCUT2D eigenvalue weighted by molar-refractivity contribution is 7.92. The molecule has 0 aliphatic rings. The van der Waals surface area contributed by atoms with E-state index in [1.165, 1.54) is 17.0 Å². The van der Waals surface area contributed by atoms with Crippen molar-refractivity contribution >= 4 is 27.5 Å². The fourth-order valence-electron chi connectivity index (χ4n) is 4.29. The Balaban J connectivity index is 2.03. The Morgan fingerprint density at radius 2 is 1.38 bits per heavy atom. The van der Waals surface area contributed by atoms with E-state index >= 15 is 0 Å². The molecular weight excluding hydrogens is 510 g/mol. The lowest BCUT2D eigenvalue weighted by atomic mass is 10.1. The first-order valence-electron chi connectivity index (χ1n) is 13.5. The summed E-state index contributed by atoms with van der Waals surface area (Å²) in [6, 6.07) is 23.9. The number of rotatable bonds is 13. The normalized spacial score (nSPS) is 12.8. The number of anilines is 1. The minimum atomic E-state index is -4.07. The molecule has 0 bridgehead atoms. The van der Waals surface area contributed by atoms with Crippen molar-refractivity contribution in [2.45, 2.75) is 70.5 Å². The second-order valence-electron chi connectivity index (χ2n) is 9.59. The van der Waals surface area contributed by atoms with Gasteiger partial charge in [0.25, 0.3) is 10.0 Å². The number of amides is 2. The van der Waals surface area contributed by atoms with Gasteiger partial charge < -0.3 is 10.2 Å². The zero-order valence-electron chi connectivity index (χ0n) is 23.2. The second-order valence-corrected chi connectivity index (χ2v) is 11.5. The van der Waals surface area contributed by atoms with Gasteiger partial charge >= 0.3 is 0 Å². The quantitative estimate of drug-likeness (QED) is 0.319. The lowest BCUT2D eigenvalue weighted by Crippen LogP contribution is -2.53. The summed E-state index contributed by atoms with van der Waals surface area (Å²) in [6.07, 6.45) is 1.95. The van der Waals surface area contributed by atoms with Crippen molar-refractivity contribution in [3.05, 3.63) is 96.1 Å². The van der Waals surface area contributed by atoms with Crippen LogP contribution in [0.4, 0.5) is 5.69 Å². The number of carbonyl (C=O) groups is 2. The topological polar surface area (TPSA) is 86.8 Å². The lowest BCUT2D eigenvalue weighted by molar-refractivity contribution is -0.140. The number of hydrogen-bond acceptors (Lipinski definition) is 4. The van der Waals surface area contributed by atoms with Crippen LogP contribution >= 0.6 is 0 Å². The summed E-state index contributed by atoms with van der Waals surface area (Å²) in [7, 11) is -4.07. The van der Waals surface area contributed by atoms with E-state index in [1.54, 1.807) is 30.3 Å². The minimum Gasteiger partial charge on any atom is -0.352 e. The standard InChI is InChI=1S/C31H39N3O4S/c1-5-24(4)32-31(36)29(7-3)33(22-26-14-10-8-11-15-26)30(35)23-34(27-20-18-25(6-2)19-21-27)39(37,38)28-16-12-9-13-17-28/h8-21,24,29H,5-7,22-23H2,1-4H3,(H,32,36)/t24-,29+/m1/s1. The van der Waals surface area contributed by atoms with Crippen molar-refractivity contribution in [1.82, 2.24) is 10.2 Å². The van der Waals surface area contributed by atoms with E-state index in [1.807, 2.05) is 70.2 Å². The number of benzene rings is 3. The summed E-state index contributed by atoms with van der Waals surface area (Å²) < 4.78 is 28.8. The van der Waals surface area contributed by atoms with Crippen LogP contribution in [0.5, 0.6) is 0 Å². The van der Waals surface area contributed by atoms with Gasteiger partial charge in [-0.25, -0.2) is 8.42 Å². The fourth-order valence-corrected chi connectivity index (χ4v) is 5.72. The van der Waals surface area contributed by atoms with Gasteiger partial charge in [0.15, 0.2) is 0 Å². The molecule has 3 aromatic rings. The minimum absolute atomic E-state index is 0.0488. The van der Waals surface area contributed by atoms with Crippen molar-refractivity contribution in [3.8, 4) is 0 Å². The number of hydrogen-bond donors (Lipinski definition) is 1. The van der Waals surface area contributed by atoms with Crippen LogP contribution in [0.2, 0.25) is 0 Å². The highest BCUT2D eigenvalue weighted by Crippen LogP contribution is 2.25. The van der Waals surface area contributed by atoms with E-state index in [4.69, 9.17) is 0 Å². The molecule has 0 aliphatic carbocycles. The maximum Gasteiger partial charge on any atom is 0.264 e. The number of aryl methyl sites for hydroxylation is 1. The van der Waals surface area contributed by atoms with Crippen molar-refractivity contribution in [3.63, 3.8) is 0 Å². The Morgan fingerprint density at radius 1 is 0.795 bits per heavy atom. The summed E-state index contributed by atoms with van der Waals surface area (Å²) in [6.45, 7) is 7.52. The Hall–Kier alpha value is -3.65. The average molecular weight is 550 g/mol. The fraction of sp³-hybridized carbons (Fsp3) is 0.355. The third-order valence-corrected chi connectivity index (χ3v) is 8.61. The van der Waals surface area contributed by atoms with Crippen LogP contribution in [0.25, 0.3) is 0 Å². The summed E-state index contributed by atoms with van der Waals surface area (Å²) >= 11 is 0. The summed E-state index contributed by atoms with van der Waals surface area (Å²) in [5, 5.41) is 2.99. The molecule has 7 nitrogen and oxygen atoms in total. The van der Waals surface area contributed by atoms with Crippen molar-refractivity contribution in [2.75, 3.05) is 10.8 Å². The van der Waals surface area contributed by atoms with E-state index in [-0.39, 0.29) is 23.4 Å². The number of sulfonamides is 1. The van der Waals surface area contributed by atoms with Gasteiger partial charge in [-0.15, -0.1) is 0 Å². The predicted molar refractivity (Wildman–Crippen MR) is 156 cm³/mol. The zero-order chi connectivity index (χ0) is 28.4. The van der Waals surface area contributed by atoms with Gasteiger partial charge in [-0.3, -0.25) is 13.9 Å². The molecule has 0 fully saturated rings. The first-order valence-corrected chi connectivity index (χ1v) is 15.0. The molecule has 2 atom stereocenters. The molecule has 0 unspecified atom stereocenters. The average Bonchev–Trinajstić information content (AvgIpc) is 2.96. The van der Waals surface area contributed by atoms with Crippen LogP contribution in [-0.2, 0) is 32.6 Å². The number of nitrogens with one attached hydrogen (secondary N) is 1. The predicted octanol–water partition coefficient (Wildman–Crippen LogP) is 5.17. The van der Waals surface area contributed by atoms with E-state index in [0.717, 1.165) is 28.3 Å². The third kappa shape index (κ3) is 7.69. The lowest BCUT2D eigenvalue weighted by Gasteiger charge is -2.33. The molecule has 0 saturated heterocycles. The molecule has 0 heterocycles. The molecule has 0 radical (unpaired) electrons. The van der Waals surface area contributed by atoms with Crippen LogP contribution in [0, 0.1) is 0 Å². The molecular formula is C31H39N3O4S. The summed E-state index contributed by atoms with van der Waals surface area (Å²) in [5.74, 6) is -0.704. The van der Waals surface area contributed by atoms with E-state index in [2.05, 4.69) is 5.32 Å². The maximum atomic E-state index is 14.0. The molecule has 0 aliphatic heterocycles. The van der Waals surface area contributed by atoms with Gasteiger partial charge in [-0.2, -0.15) is 0 Å². The first-order chi connectivity index (χ1) is 18.7. The molecule has 8 heteroatoms. The molecule has 208 valence electrons. The van der Waals surface area contributed by atoms with Crippen molar-refractivity contribution in [1.29, 1.82) is 0 Å². The van der Waals surface area contributed by atoms with Crippen molar-refractivity contribution < 1.29 is 18.0 Å².